The van der Waals surface area contributed by atoms with Gasteiger partial charge in [0.1, 0.15) is 13.2 Å². The molecule has 0 bridgehead atoms. The standard InChI is InChI=1S/C37H34N2O2/c1-3-9-25(10-4-1)21-29-23-40-35(38-29)31-15-7-13-27-17-19-37(33(27)31)20-18-28-14-8-16-32(34(28)37)36-39-30(24-41-36)22-26-11-5-2-6-12-26/h1-16,29-30H,17-24H2/t29-,30-,37?/m1/s1. The highest BCUT2D eigenvalue weighted by Crippen LogP contribution is 2.55. The third-order valence-electron chi connectivity index (χ3n) is 9.41. The van der Waals surface area contributed by atoms with Crippen molar-refractivity contribution in [2.45, 2.75) is 56.0 Å². The molecular formula is C37H34N2O2. The molecule has 4 aliphatic rings. The van der Waals surface area contributed by atoms with Crippen LogP contribution < -0.4 is 0 Å². The number of benzene rings is 4. The second kappa shape index (κ2) is 10.0. The van der Waals surface area contributed by atoms with Gasteiger partial charge in [-0.1, -0.05) is 84.9 Å². The number of ether oxygens (including phenoxy) is 2. The summed E-state index contributed by atoms with van der Waals surface area (Å²) in [7, 11) is 0. The summed E-state index contributed by atoms with van der Waals surface area (Å²) in [4.78, 5) is 10.3. The first-order chi connectivity index (χ1) is 20.3. The van der Waals surface area contributed by atoms with Crippen LogP contribution in [0.3, 0.4) is 0 Å². The predicted molar refractivity (Wildman–Crippen MR) is 163 cm³/mol. The van der Waals surface area contributed by atoms with E-state index in [1.165, 1.54) is 44.5 Å². The molecule has 0 N–H and O–H groups in total. The fraction of sp³-hybridized carbons (Fsp3) is 0.297. The lowest BCUT2D eigenvalue weighted by Gasteiger charge is -2.30. The van der Waals surface area contributed by atoms with Crippen molar-refractivity contribution in [1.82, 2.24) is 0 Å². The Morgan fingerprint density at radius 3 is 1.49 bits per heavy atom. The molecule has 0 unspecified atom stereocenters. The van der Waals surface area contributed by atoms with Crippen LogP contribution >= 0.6 is 0 Å². The van der Waals surface area contributed by atoms with Crippen LogP contribution in [0.25, 0.3) is 0 Å². The first kappa shape index (κ1) is 24.6. The fourth-order valence-corrected chi connectivity index (χ4v) is 7.66. The van der Waals surface area contributed by atoms with E-state index in [9.17, 15) is 0 Å². The van der Waals surface area contributed by atoms with E-state index in [-0.39, 0.29) is 17.5 Å². The summed E-state index contributed by atoms with van der Waals surface area (Å²) in [5.74, 6) is 1.62. The highest BCUT2D eigenvalue weighted by atomic mass is 16.5. The molecule has 1 spiro atoms. The quantitative estimate of drug-likeness (QED) is 0.276. The zero-order valence-corrected chi connectivity index (χ0v) is 23.3. The van der Waals surface area contributed by atoms with Crippen LogP contribution in [0.2, 0.25) is 0 Å². The van der Waals surface area contributed by atoms with E-state index in [0.29, 0.717) is 13.2 Å². The maximum absolute atomic E-state index is 6.34. The minimum absolute atomic E-state index is 0.0648. The molecule has 8 rings (SSSR count). The topological polar surface area (TPSA) is 43.2 Å². The zero-order chi connectivity index (χ0) is 27.2. The van der Waals surface area contributed by atoms with E-state index in [4.69, 9.17) is 19.5 Å². The van der Waals surface area contributed by atoms with Crippen LogP contribution in [0.15, 0.2) is 107 Å². The Kier molecular flexibility index (Phi) is 6.02. The van der Waals surface area contributed by atoms with Crippen LogP contribution in [-0.2, 0) is 40.6 Å². The molecule has 204 valence electrons. The maximum Gasteiger partial charge on any atom is 0.216 e. The smallest absolute Gasteiger partial charge is 0.216 e. The summed E-state index contributed by atoms with van der Waals surface area (Å²) in [6, 6.07) is 35.0. The lowest BCUT2D eigenvalue weighted by molar-refractivity contribution is 0.316. The molecule has 0 aromatic heterocycles. The van der Waals surface area contributed by atoms with Crippen molar-refractivity contribution in [2.75, 3.05) is 13.2 Å². The molecule has 2 atom stereocenters. The van der Waals surface area contributed by atoms with E-state index < -0.39 is 0 Å². The van der Waals surface area contributed by atoms with Gasteiger partial charge in [-0.3, -0.25) is 0 Å². The minimum Gasteiger partial charge on any atom is -0.475 e. The highest BCUT2D eigenvalue weighted by molar-refractivity contribution is 6.00. The molecule has 2 aliphatic carbocycles. The molecule has 0 fully saturated rings. The Morgan fingerprint density at radius 2 is 1.02 bits per heavy atom. The summed E-state index contributed by atoms with van der Waals surface area (Å²) in [5, 5.41) is 0. The van der Waals surface area contributed by atoms with Crippen molar-refractivity contribution < 1.29 is 9.47 Å². The minimum atomic E-state index is -0.0648. The molecule has 0 radical (unpaired) electrons. The summed E-state index contributed by atoms with van der Waals surface area (Å²) in [6.45, 7) is 1.27. The lowest BCUT2D eigenvalue weighted by Crippen LogP contribution is -2.27. The largest absolute Gasteiger partial charge is 0.475 e. The van der Waals surface area contributed by atoms with Crippen LogP contribution in [-0.4, -0.2) is 37.1 Å². The normalized spacial score (nSPS) is 21.7. The first-order valence-corrected chi connectivity index (χ1v) is 15.0. The Balaban J connectivity index is 1.16. The Bertz CT molecular complexity index is 1530. The number of aryl methyl sites for hydroxylation is 2. The Morgan fingerprint density at radius 1 is 0.561 bits per heavy atom. The van der Waals surface area contributed by atoms with Crippen molar-refractivity contribution in [3.05, 3.63) is 142 Å². The van der Waals surface area contributed by atoms with Gasteiger partial charge in [0.15, 0.2) is 0 Å². The Hall–Kier alpha value is -4.18. The van der Waals surface area contributed by atoms with Gasteiger partial charge in [0, 0.05) is 16.5 Å². The lowest BCUT2D eigenvalue weighted by atomic mass is 9.73. The average molecular weight is 539 g/mol. The number of fused-ring (bicyclic) bond motifs is 4. The third-order valence-corrected chi connectivity index (χ3v) is 9.41. The van der Waals surface area contributed by atoms with E-state index in [1.807, 2.05) is 0 Å². The maximum atomic E-state index is 6.34. The second-order valence-corrected chi connectivity index (χ2v) is 11.9. The van der Waals surface area contributed by atoms with Gasteiger partial charge < -0.3 is 9.47 Å². The molecule has 0 amide bonds. The van der Waals surface area contributed by atoms with Gasteiger partial charge in [-0.05, 0) is 84.0 Å². The van der Waals surface area contributed by atoms with E-state index >= 15 is 0 Å². The SMILES string of the molecule is c1ccc(C[C@@H]2COC(c3cccc4c3C3(CC4)CCc4cccc(C5=N[C@H](Cc6ccccc6)CO5)c43)=N2)cc1. The molecule has 0 saturated carbocycles. The molecule has 4 aromatic rings. The molecule has 4 heteroatoms. The third kappa shape index (κ3) is 4.28. The van der Waals surface area contributed by atoms with Gasteiger partial charge in [0.25, 0.3) is 0 Å². The van der Waals surface area contributed by atoms with Crippen LogP contribution in [0.4, 0.5) is 0 Å². The van der Waals surface area contributed by atoms with Gasteiger partial charge in [-0.2, -0.15) is 0 Å². The summed E-state index contributed by atoms with van der Waals surface area (Å²) >= 11 is 0. The molecular weight excluding hydrogens is 504 g/mol. The molecule has 41 heavy (non-hydrogen) atoms. The predicted octanol–water partition coefficient (Wildman–Crippen LogP) is 6.64. The van der Waals surface area contributed by atoms with Gasteiger partial charge in [-0.25, -0.2) is 9.98 Å². The Labute approximate surface area is 241 Å². The summed E-state index contributed by atoms with van der Waals surface area (Å²) < 4.78 is 12.7. The molecule has 4 nitrogen and oxygen atoms in total. The molecule has 2 heterocycles. The van der Waals surface area contributed by atoms with Crippen LogP contribution in [0.5, 0.6) is 0 Å². The van der Waals surface area contributed by atoms with Gasteiger partial charge in [0.2, 0.25) is 11.8 Å². The average Bonchev–Trinajstić information content (AvgIpc) is 3.82. The van der Waals surface area contributed by atoms with Gasteiger partial charge in [-0.15, -0.1) is 0 Å². The number of hydrogen-bond acceptors (Lipinski definition) is 4. The monoisotopic (exact) mass is 538 g/mol. The van der Waals surface area contributed by atoms with E-state index in [1.54, 1.807) is 0 Å². The van der Waals surface area contributed by atoms with Crippen molar-refractivity contribution >= 4 is 11.8 Å². The van der Waals surface area contributed by atoms with E-state index in [2.05, 4.69) is 97.1 Å². The van der Waals surface area contributed by atoms with Crippen molar-refractivity contribution in [3.8, 4) is 0 Å². The van der Waals surface area contributed by atoms with Crippen LogP contribution in [0.1, 0.15) is 57.3 Å². The molecule has 4 aromatic carbocycles. The molecule has 0 saturated heterocycles. The molecule has 2 aliphatic heterocycles. The van der Waals surface area contributed by atoms with Gasteiger partial charge in [0.05, 0.1) is 12.1 Å². The fourth-order valence-electron chi connectivity index (χ4n) is 7.66. The number of nitrogens with zero attached hydrogens (tertiary/aromatic N) is 2. The van der Waals surface area contributed by atoms with E-state index in [0.717, 1.165) is 50.3 Å². The number of rotatable bonds is 6. The first-order valence-electron chi connectivity index (χ1n) is 15.0. The second-order valence-electron chi connectivity index (χ2n) is 11.9. The number of aliphatic imine (C=N–C) groups is 2. The van der Waals surface area contributed by atoms with Crippen molar-refractivity contribution in [2.24, 2.45) is 9.98 Å². The number of hydrogen-bond donors (Lipinski definition) is 0. The van der Waals surface area contributed by atoms with Crippen molar-refractivity contribution in [1.29, 1.82) is 0 Å². The zero-order valence-electron chi connectivity index (χ0n) is 23.3. The summed E-state index contributed by atoms with van der Waals surface area (Å²) in [5.41, 5.74) is 10.6. The van der Waals surface area contributed by atoms with Crippen molar-refractivity contribution in [3.63, 3.8) is 0 Å². The summed E-state index contributed by atoms with van der Waals surface area (Å²) in [6.07, 6.45) is 6.15. The highest BCUT2D eigenvalue weighted by Gasteiger charge is 2.49. The van der Waals surface area contributed by atoms with Gasteiger partial charge >= 0.3 is 0 Å². The van der Waals surface area contributed by atoms with Crippen LogP contribution in [0, 0.1) is 0 Å².